The zero-order chi connectivity index (χ0) is 26.6. The van der Waals surface area contributed by atoms with Gasteiger partial charge in [0.15, 0.2) is 0 Å². The summed E-state index contributed by atoms with van der Waals surface area (Å²) in [5.74, 6) is -0.213. The van der Waals surface area contributed by atoms with E-state index < -0.39 is 6.04 Å². The monoisotopic (exact) mass is 538 g/mol. The quantitative estimate of drug-likeness (QED) is 0.237. The maximum absolute atomic E-state index is 13.7. The molecule has 3 aromatic carbocycles. The summed E-state index contributed by atoms with van der Waals surface area (Å²) in [6.45, 7) is 5.06. The Bertz CT molecular complexity index is 1150. The normalized spacial score (nSPS) is 11.7. The number of halogens is 2. The Kier molecular flexibility index (Phi) is 11.5. The molecule has 0 spiro atoms. The highest BCUT2D eigenvalue weighted by molar-refractivity contribution is 6.42. The van der Waals surface area contributed by atoms with Crippen molar-refractivity contribution in [3.05, 3.63) is 105 Å². The zero-order valence-corrected chi connectivity index (χ0v) is 23.2. The molecule has 3 rings (SSSR count). The van der Waals surface area contributed by atoms with Gasteiger partial charge in [-0.1, -0.05) is 104 Å². The van der Waals surface area contributed by atoms with Crippen LogP contribution in [0.2, 0.25) is 10.0 Å². The second-order valence-corrected chi connectivity index (χ2v) is 10.1. The van der Waals surface area contributed by atoms with E-state index in [9.17, 15) is 9.59 Å². The van der Waals surface area contributed by atoms with Crippen LogP contribution in [0.25, 0.3) is 0 Å². The Hall–Kier alpha value is -2.82. The summed E-state index contributed by atoms with van der Waals surface area (Å²) in [5.41, 5.74) is 4.20. The standard InChI is InChI=1S/C31H36Cl2N2O2/c1-3-5-19-34-31(37)29(21-25-9-7-6-8-10-25)35(22-26-15-17-27(32)28(33)20-26)30(36)18-16-24-13-11-23(4-2)12-14-24/h6-15,17,20,29H,3-5,16,18-19,21-22H2,1-2H3,(H,34,37). The molecule has 0 fully saturated rings. The number of nitrogens with one attached hydrogen (secondary N) is 1. The summed E-state index contributed by atoms with van der Waals surface area (Å²) in [7, 11) is 0. The van der Waals surface area contributed by atoms with Crippen molar-refractivity contribution in [3.63, 3.8) is 0 Å². The molecule has 0 aliphatic rings. The smallest absolute Gasteiger partial charge is 0.243 e. The van der Waals surface area contributed by atoms with Crippen molar-refractivity contribution in [3.8, 4) is 0 Å². The molecule has 0 aliphatic heterocycles. The second-order valence-electron chi connectivity index (χ2n) is 9.29. The Labute approximate surface area is 231 Å². The molecule has 0 radical (unpaired) electrons. The van der Waals surface area contributed by atoms with E-state index in [0.717, 1.165) is 36.0 Å². The number of benzene rings is 3. The number of unbranched alkanes of at least 4 members (excludes halogenated alkanes) is 1. The lowest BCUT2D eigenvalue weighted by molar-refractivity contribution is -0.141. The van der Waals surface area contributed by atoms with Gasteiger partial charge in [-0.05, 0) is 53.6 Å². The van der Waals surface area contributed by atoms with Gasteiger partial charge in [-0.3, -0.25) is 9.59 Å². The third kappa shape index (κ3) is 8.91. The van der Waals surface area contributed by atoms with Crippen LogP contribution in [-0.2, 0) is 35.4 Å². The van der Waals surface area contributed by atoms with Gasteiger partial charge in [-0.25, -0.2) is 0 Å². The van der Waals surface area contributed by atoms with Gasteiger partial charge in [0.1, 0.15) is 6.04 Å². The fourth-order valence-corrected chi connectivity index (χ4v) is 4.55. The summed E-state index contributed by atoms with van der Waals surface area (Å²) in [6, 6.07) is 22.9. The Morgan fingerprint density at radius 3 is 2.16 bits per heavy atom. The Balaban J connectivity index is 1.88. The first kappa shape index (κ1) is 28.7. The third-order valence-corrected chi connectivity index (χ3v) is 7.24. The zero-order valence-electron chi connectivity index (χ0n) is 21.7. The first-order valence-corrected chi connectivity index (χ1v) is 13.8. The number of carbonyl (C=O) groups is 2. The average Bonchev–Trinajstić information content (AvgIpc) is 2.92. The number of amides is 2. The number of nitrogens with zero attached hydrogens (tertiary/aromatic N) is 1. The predicted octanol–water partition coefficient (Wildman–Crippen LogP) is 7.04. The molecule has 0 aliphatic carbocycles. The summed E-state index contributed by atoms with van der Waals surface area (Å²) in [4.78, 5) is 28.9. The molecule has 3 aromatic rings. The molecule has 0 bridgehead atoms. The summed E-state index contributed by atoms with van der Waals surface area (Å²) in [6.07, 6.45) is 4.18. The third-order valence-electron chi connectivity index (χ3n) is 6.50. The first-order chi connectivity index (χ1) is 17.9. The minimum absolute atomic E-state index is 0.0720. The predicted molar refractivity (Wildman–Crippen MR) is 153 cm³/mol. The van der Waals surface area contributed by atoms with Crippen LogP contribution < -0.4 is 5.32 Å². The van der Waals surface area contributed by atoms with Crippen LogP contribution in [0.5, 0.6) is 0 Å². The summed E-state index contributed by atoms with van der Waals surface area (Å²) < 4.78 is 0. The van der Waals surface area contributed by atoms with E-state index in [2.05, 4.69) is 43.4 Å². The van der Waals surface area contributed by atoms with Crippen LogP contribution >= 0.6 is 23.2 Å². The summed E-state index contributed by atoms with van der Waals surface area (Å²) >= 11 is 12.4. The van der Waals surface area contributed by atoms with Crippen molar-refractivity contribution in [1.29, 1.82) is 0 Å². The molecule has 1 N–H and O–H groups in total. The molecular formula is C31H36Cl2N2O2. The molecule has 1 unspecified atom stereocenters. The minimum Gasteiger partial charge on any atom is -0.354 e. The van der Waals surface area contributed by atoms with Crippen LogP contribution in [-0.4, -0.2) is 29.3 Å². The van der Waals surface area contributed by atoms with Gasteiger partial charge in [0.25, 0.3) is 0 Å². The lowest BCUT2D eigenvalue weighted by atomic mass is 10.0. The van der Waals surface area contributed by atoms with Crippen LogP contribution in [0.3, 0.4) is 0 Å². The number of hydrogen-bond acceptors (Lipinski definition) is 2. The summed E-state index contributed by atoms with van der Waals surface area (Å²) in [5, 5.41) is 3.93. The van der Waals surface area contributed by atoms with Crippen LogP contribution in [0.15, 0.2) is 72.8 Å². The highest BCUT2D eigenvalue weighted by Crippen LogP contribution is 2.25. The van der Waals surface area contributed by atoms with E-state index in [1.807, 2.05) is 36.4 Å². The highest BCUT2D eigenvalue weighted by Gasteiger charge is 2.30. The molecule has 2 amide bonds. The van der Waals surface area contributed by atoms with E-state index in [1.54, 1.807) is 17.0 Å². The van der Waals surface area contributed by atoms with Crippen molar-refractivity contribution >= 4 is 35.0 Å². The molecule has 0 heterocycles. The van der Waals surface area contributed by atoms with Crippen molar-refractivity contribution in [2.75, 3.05) is 6.54 Å². The van der Waals surface area contributed by atoms with E-state index >= 15 is 0 Å². The van der Waals surface area contributed by atoms with E-state index in [0.29, 0.717) is 35.9 Å². The average molecular weight is 540 g/mol. The van der Waals surface area contributed by atoms with Gasteiger partial charge in [0, 0.05) is 25.9 Å². The first-order valence-electron chi connectivity index (χ1n) is 13.0. The highest BCUT2D eigenvalue weighted by atomic mass is 35.5. The molecule has 0 saturated heterocycles. The van der Waals surface area contributed by atoms with Gasteiger partial charge in [0.2, 0.25) is 11.8 Å². The fraction of sp³-hybridized carbons (Fsp3) is 0.355. The Morgan fingerprint density at radius 2 is 1.51 bits per heavy atom. The number of aryl methyl sites for hydroxylation is 2. The van der Waals surface area contributed by atoms with Crippen LogP contribution in [0, 0.1) is 0 Å². The van der Waals surface area contributed by atoms with E-state index in [4.69, 9.17) is 23.2 Å². The molecular weight excluding hydrogens is 503 g/mol. The molecule has 6 heteroatoms. The van der Waals surface area contributed by atoms with Crippen molar-refractivity contribution in [1.82, 2.24) is 10.2 Å². The largest absolute Gasteiger partial charge is 0.354 e. The van der Waals surface area contributed by atoms with Gasteiger partial charge in [0.05, 0.1) is 10.0 Å². The van der Waals surface area contributed by atoms with Crippen LogP contribution in [0.4, 0.5) is 0 Å². The molecule has 4 nitrogen and oxygen atoms in total. The van der Waals surface area contributed by atoms with Crippen LogP contribution in [0.1, 0.15) is 55.4 Å². The van der Waals surface area contributed by atoms with E-state index in [-0.39, 0.29) is 18.4 Å². The number of rotatable bonds is 13. The van der Waals surface area contributed by atoms with Gasteiger partial charge < -0.3 is 10.2 Å². The maximum atomic E-state index is 13.7. The molecule has 0 aromatic heterocycles. The Morgan fingerprint density at radius 1 is 0.838 bits per heavy atom. The SMILES string of the molecule is CCCCNC(=O)C(Cc1ccccc1)N(Cc1ccc(Cl)c(Cl)c1)C(=O)CCc1ccc(CC)cc1. The van der Waals surface area contributed by atoms with E-state index in [1.165, 1.54) is 5.56 Å². The van der Waals surface area contributed by atoms with Gasteiger partial charge >= 0.3 is 0 Å². The fourth-order valence-electron chi connectivity index (χ4n) is 4.23. The number of carbonyl (C=O) groups excluding carboxylic acids is 2. The minimum atomic E-state index is -0.649. The molecule has 1 atom stereocenters. The second kappa shape index (κ2) is 14.8. The lowest BCUT2D eigenvalue weighted by Gasteiger charge is -2.32. The van der Waals surface area contributed by atoms with Crippen molar-refractivity contribution in [2.24, 2.45) is 0 Å². The number of hydrogen-bond donors (Lipinski definition) is 1. The van der Waals surface area contributed by atoms with Gasteiger partial charge in [-0.15, -0.1) is 0 Å². The van der Waals surface area contributed by atoms with Gasteiger partial charge in [-0.2, -0.15) is 0 Å². The molecule has 0 saturated carbocycles. The lowest BCUT2D eigenvalue weighted by Crippen LogP contribution is -2.50. The molecule has 196 valence electrons. The maximum Gasteiger partial charge on any atom is 0.243 e. The molecule has 37 heavy (non-hydrogen) atoms. The van der Waals surface area contributed by atoms with Crippen molar-refractivity contribution in [2.45, 2.75) is 65.0 Å². The van der Waals surface area contributed by atoms with Crippen molar-refractivity contribution < 1.29 is 9.59 Å². The topological polar surface area (TPSA) is 49.4 Å².